The van der Waals surface area contributed by atoms with Crippen LogP contribution in [0.2, 0.25) is 0 Å². The van der Waals surface area contributed by atoms with E-state index in [-0.39, 0.29) is 10.8 Å². The molecule has 43 heavy (non-hydrogen) atoms. The number of nitrogens with zero attached hydrogens (tertiary/aromatic N) is 1. The molecule has 4 aliphatic rings. The van der Waals surface area contributed by atoms with Gasteiger partial charge in [-0.2, -0.15) is 0 Å². The van der Waals surface area contributed by atoms with Crippen LogP contribution in [0.4, 0.5) is 0 Å². The standard InChI is InChI=1S/C32H45N3O8/c1-6-32(42)14-11-23-21-8-7-19-15-20(9-12-30(19,4)22(21)10-13-31(23,32)5)35-43-17-25(36)34-27(18(2)3)28(39)33-24(29(40)41)16-26(37)38/h1,15,18,21-24,27,42H,7-14,16-17H2,2-5H3,(H,33,39)(H,34,36)(H,37,38)(H,40,41)/t21-,22-,23-,24-,27+,30+,31+,32-/m1/s1. The largest absolute Gasteiger partial charge is 0.481 e. The molecule has 0 bridgehead atoms. The van der Waals surface area contributed by atoms with Gasteiger partial charge in [0.25, 0.3) is 5.91 Å². The fourth-order valence-corrected chi connectivity index (χ4v) is 8.46. The third kappa shape index (κ3) is 6.17. The lowest BCUT2D eigenvalue weighted by Crippen LogP contribution is -2.54. The van der Waals surface area contributed by atoms with E-state index in [1.54, 1.807) is 13.8 Å². The van der Waals surface area contributed by atoms with Crippen LogP contribution in [0.3, 0.4) is 0 Å². The summed E-state index contributed by atoms with van der Waals surface area (Å²) >= 11 is 0. The summed E-state index contributed by atoms with van der Waals surface area (Å²) in [5.74, 6) is -0.430. The molecule has 4 aliphatic carbocycles. The Morgan fingerprint density at radius 2 is 1.77 bits per heavy atom. The van der Waals surface area contributed by atoms with Crippen LogP contribution in [-0.4, -0.2) is 69.1 Å². The van der Waals surface area contributed by atoms with E-state index >= 15 is 0 Å². The zero-order valence-electron chi connectivity index (χ0n) is 25.5. The van der Waals surface area contributed by atoms with Crippen LogP contribution in [0.25, 0.3) is 0 Å². The number of carboxylic acid groups (broad SMARTS) is 2. The van der Waals surface area contributed by atoms with Crippen LogP contribution >= 0.6 is 0 Å². The maximum atomic E-state index is 12.6. The van der Waals surface area contributed by atoms with Crippen molar-refractivity contribution in [1.29, 1.82) is 0 Å². The highest BCUT2D eigenvalue weighted by molar-refractivity contribution is 5.96. The number of carbonyl (C=O) groups is 4. The van der Waals surface area contributed by atoms with E-state index in [2.05, 4.69) is 41.6 Å². The average Bonchev–Trinajstić information content (AvgIpc) is 3.21. The Bertz CT molecular complexity index is 1250. The number of carboxylic acids is 2. The van der Waals surface area contributed by atoms with Crippen LogP contribution in [0.1, 0.15) is 85.5 Å². The highest BCUT2D eigenvalue weighted by atomic mass is 16.6. The van der Waals surface area contributed by atoms with Gasteiger partial charge in [-0.15, -0.1) is 6.42 Å². The Labute approximate surface area is 252 Å². The van der Waals surface area contributed by atoms with Gasteiger partial charge >= 0.3 is 11.9 Å². The summed E-state index contributed by atoms with van der Waals surface area (Å²) in [5, 5.41) is 38.3. The Kier molecular flexibility index (Phi) is 9.31. The van der Waals surface area contributed by atoms with E-state index < -0.39 is 60.4 Å². The number of allylic oxidation sites excluding steroid dienone is 2. The van der Waals surface area contributed by atoms with Gasteiger partial charge in [0.05, 0.1) is 12.1 Å². The molecule has 236 valence electrons. The first-order valence-corrected chi connectivity index (χ1v) is 15.3. The summed E-state index contributed by atoms with van der Waals surface area (Å²) in [5.41, 5.74) is 0.909. The number of nitrogens with one attached hydrogen (secondary N) is 2. The maximum absolute atomic E-state index is 12.6. The van der Waals surface area contributed by atoms with Gasteiger partial charge in [-0.05, 0) is 86.5 Å². The van der Waals surface area contributed by atoms with E-state index in [1.807, 2.05) is 0 Å². The number of carbonyl (C=O) groups excluding carboxylic acids is 2. The fraction of sp³-hybridized carbons (Fsp3) is 0.719. The van der Waals surface area contributed by atoms with Gasteiger partial charge in [0.15, 0.2) is 6.61 Å². The third-order valence-corrected chi connectivity index (χ3v) is 11.0. The van der Waals surface area contributed by atoms with Crippen molar-refractivity contribution >= 4 is 29.5 Å². The molecule has 0 aliphatic heterocycles. The van der Waals surface area contributed by atoms with Crippen LogP contribution in [-0.2, 0) is 24.0 Å². The molecule has 4 rings (SSSR count). The average molecular weight is 600 g/mol. The van der Waals surface area contributed by atoms with E-state index in [1.165, 1.54) is 5.57 Å². The third-order valence-electron chi connectivity index (χ3n) is 11.0. The van der Waals surface area contributed by atoms with Crippen molar-refractivity contribution in [3.8, 4) is 12.3 Å². The van der Waals surface area contributed by atoms with Crippen molar-refractivity contribution in [3.63, 3.8) is 0 Å². The molecule has 3 saturated carbocycles. The summed E-state index contributed by atoms with van der Waals surface area (Å²) in [6.45, 7) is 7.46. The summed E-state index contributed by atoms with van der Waals surface area (Å²) in [4.78, 5) is 52.9. The first kappa shape index (κ1) is 32.5. The summed E-state index contributed by atoms with van der Waals surface area (Å²) in [7, 11) is 0. The van der Waals surface area contributed by atoms with Gasteiger partial charge in [0.1, 0.15) is 17.7 Å². The Morgan fingerprint density at radius 3 is 2.40 bits per heavy atom. The predicted octanol–water partition coefficient (Wildman–Crippen LogP) is 2.87. The number of aliphatic carboxylic acids is 2. The van der Waals surface area contributed by atoms with Gasteiger partial charge in [0, 0.05) is 5.41 Å². The van der Waals surface area contributed by atoms with Crippen LogP contribution < -0.4 is 10.6 Å². The van der Waals surface area contributed by atoms with Gasteiger partial charge in [-0.3, -0.25) is 14.4 Å². The van der Waals surface area contributed by atoms with Crippen molar-refractivity contribution in [2.75, 3.05) is 6.61 Å². The summed E-state index contributed by atoms with van der Waals surface area (Å²) in [6, 6.07) is -2.70. The highest BCUT2D eigenvalue weighted by Crippen LogP contribution is 2.67. The van der Waals surface area contributed by atoms with Gasteiger partial charge in [0.2, 0.25) is 5.91 Å². The molecule has 0 radical (unpaired) electrons. The summed E-state index contributed by atoms with van der Waals surface area (Å²) in [6.07, 6.45) is 14.4. The Morgan fingerprint density at radius 1 is 1.07 bits per heavy atom. The monoisotopic (exact) mass is 599 g/mol. The number of rotatable bonds is 10. The van der Waals surface area contributed by atoms with Gasteiger partial charge < -0.3 is 30.8 Å². The summed E-state index contributed by atoms with van der Waals surface area (Å²) < 4.78 is 0. The zero-order chi connectivity index (χ0) is 31.7. The molecule has 0 aromatic rings. The molecular weight excluding hydrogens is 554 g/mol. The SMILES string of the molecule is C#C[C@@]1(O)CC[C@@H]2[C@@H]3CCC4=CC(=NOCC(=O)N[C@H](C(=O)N[C@H](CC(=O)O)C(=O)O)C(C)C)CC[C@]4(C)[C@@H]3CC[C@@]21C. The molecule has 0 saturated heterocycles. The van der Waals surface area contributed by atoms with Crippen LogP contribution in [0.15, 0.2) is 16.8 Å². The first-order valence-electron chi connectivity index (χ1n) is 15.3. The molecule has 11 nitrogen and oxygen atoms in total. The Hall–Kier alpha value is -3.39. The normalized spacial score (nSPS) is 35.3. The minimum atomic E-state index is -1.62. The van der Waals surface area contributed by atoms with Crippen molar-refractivity contribution < 1.29 is 39.3 Å². The maximum Gasteiger partial charge on any atom is 0.326 e. The minimum Gasteiger partial charge on any atom is -0.481 e. The predicted molar refractivity (Wildman–Crippen MR) is 157 cm³/mol. The molecule has 3 fully saturated rings. The molecule has 0 aromatic heterocycles. The number of fused-ring (bicyclic) bond motifs is 5. The van der Waals surface area contributed by atoms with Gasteiger partial charge in [-0.1, -0.05) is 44.3 Å². The van der Waals surface area contributed by atoms with Crippen LogP contribution in [0.5, 0.6) is 0 Å². The molecule has 0 aromatic carbocycles. The number of amides is 2. The second-order valence-electron chi connectivity index (χ2n) is 13.6. The lowest BCUT2D eigenvalue weighted by molar-refractivity contribution is -0.147. The van der Waals surface area contributed by atoms with E-state index in [4.69, 9.17) is 16.4 Å². The second-order valence-corrected chi connectivity index (χ2v) is 13.6. The van der Waals surface area contributed by atoms with E-state index in [0.717, 1.165) is 44.2 Å². The lowest BCUT2D eigenvalue weighted by Gasteiger charge is -2.58. The van der Waals surface area contributed by atoms with Crippen molar-refractivity contribution in [2.45, 2.75) is 103 Å². The van der Waals surface area contributed by atoms with Crippen molar-refractivity contribution in [3.05, 3.63) is 11.6 Å². The lowest BCUT2D eigenvalue weighted by atomic mass is 9.46. The topological polar surface area (TPSA) is 175 Å². The van der Waals surface area contributed by atoms with Gasteiger partial charge in [-0.25, -0.2) is 4.79 Å². The molecule has 0 heterocycles. The molecule has 2 amide bonds. The smallest absolute Gasteiger partial charge is 0.326 e. The number of oxime groups is 1. The molecule has 11 heteroatoms. The number of terminal acetylenes is 1. The highest BCUT2D eigenvalue weighted by Gasteiger charge is 2.63. The molecule has 8 atom stereocenters. The molecule has 0 spiro atoms. The molecular formula is C32H45N3O8. The molecule has 0 unspecified atom stereocenters. The number of hydrogen-bond acceptors (Lipinski definition) is 7. The zero-order valence-corrected chi connectivity index (χ0v) is 25.5. The van der Waals surface area contributed by atoms with Crippen LogP contribution in [0, 0.1) is 46.8 Å². The van der Waals surface area contributed by atoms with E-state index in [0.29, 0.717) is 30.6 Å². The number of aliphatic hydroxyl groups is 1. The van der Waals surface area contributed by atoms with E-state index in [9.17, 15) is 29.4 Å². The first-order chi connectivity index (χ1) is 20.1. The molecule has 5 N–H and O–H groups in total. The Balaban J connectivity index is 1.35. The number of hydrogen-bond donors (Lipinski definition) is 5. The second kappa shape index (κ2) is 12.3. The van der Waals surface area contributed by atoms with Crippen molar-refractivity contribution in [1.82, 2.24) is 10.6 Å². The fourth-order valence-electron chi connectivity index (χ4n) is 8.46. The quantitative estimate of drug-likeness (QED) is 0.188. The minimum absolute atomic E-state index is 0.0454. The van der Waals surface area contributed by atoms with Crippen molar-refractivity contribution in [2.24, 2.45) is 39.7 Å².